The number of carboxylic acids is 4. The van der Waals surface area contributed by atoms with Gasteiger partial charge in [-0.2, -0.15) is 4.99 Å². The van der Waals surface area contributed by atoms with E-state index in [0.29, 0.717) is 11.3 Å². The predicted molar refractivity (Wildman–Crippen MR) is 107 cm³/mol. The topological polar surface area (TPSA) is 168 Å². The van der Waals surface area contributed by atoms with Crippen LogP contribution in [0.15, 0.2) is 29.3 Å². The molecule has 1 aromatic carbocycles. The number of carbonyl (C=O) groups is 4. The Morgan fingerprint density at radius 2 is 1.33 bits per heavy atom. The number of rotatable bonds is 14. The lowest BCUT2D eigenvalue weighted by atomic mass is 10.0. The van der Waals surface area contributed by atoms with E-state index >= 15 is 0 Å². The predicted octanol–water partition coefficient (Wildman–Crippen LogP) is 0.274. The van der Waals surface area contributed by atoms with Gasteiger partial charge in [-0.1, -0.05) is 12.1 Å². The Kier molecular flexibility index (Phi) is 10.3. The highest BCUT2D eigenvalue weighted by Crippen LogP contribution is 2.16. The average molecular weight is 439 g/mol. The number of thiocarbonyl (C=S) groups is 1. The molecule has 0 amide bonds. The first kappa shape index (κ1) is 24.9. The maximum absolute atomic E-state index is 11.2. The van der Waals surface area contributed by atoms with Crippen LogP contribution in [0, 0.1) is 0 Å². The molecule has 0 aromatic heterocycles. The van der Waals surface area contributed by atoms with Crippen molar-refractivity contribution in [3.8, 4) is 0 Å². The van der Waals surface area contributed by atoms with Crippen molar-refractivity contribution in [3.63, 3.8) is 0 Å². The summed E-state index contributed by atoms with van der Waals surface area (Å²) in [5.74, 6) is -5.06. The van der Waals surface area contributed by atoms with E-state index in [0.717, 1.165) is 9.80 Å². The number of hydrogen-bond acceptors (Lipinski definition) is 8. The van der Waals surface area contributed by atoms with Gasteiger partial charge < -0.3 is 20.4 Å². The molecule has 0 heterocycles. The zero-order chi connectivity index (χ0) is 22.7. The zero-order valence-electron chi connectivity index (χ0n) is 15.8. The lowest BCUT2D eigenvalue weighted by Crippen LogP contribution is -2.50. The molecular weight excluding hydrogens is 418 g/mol. The van der Waals surface area contributed by atoms with Crippen molar-refractivity contribution in [3.05, 3.63) is 29.8 Å². The highest BCUT2D eigenvalue weighted by atomic mass is 32.1. The Hall–Kier alpha value is -3.18. The zero-order valence-corrected chi connectivity index (χ0v) is 16.6. The van der Waals surface area contributed by atoms with Crippen LogP contribution in [0.4, 0.5) is 5.69 Å². The van der Waals surface area contributed by atoms with Crippen molar-refractivity contribution >= 4 is 46.9 Å². The summed E-state index contributed by atoms with van der Waals surface area (Å²) >= 11 is 4.53. The van der Waals surface area contributed by atoms with E-state index in [4.69, 9.17) is 20.4 Å². The molecule has 0 saturated heterocycles. The van der Waals surface area contributed by atoms with Crippen LogP contribution in [0.5, 0.6) is 0 Å². The number of hydrogen-bond donors (Lipinski definition) is 4. The number of aliphatic imine (C=N–C) groups is 1. The number of benzene rings is 1. The molecule has 0 aliphatic carbocycles. The van der Waals surface area contributed by atoms with Crippen molar-refractivity contribution < 1.29 is 39.6 Å². The molecule has 30 heavy (non-hydrogen) atoms. The fourth-order valence-corrected chi connectivity index (χ4v) is 2.97. The summed E-state index contributed by atoms with van der Waals surface area (Å²) in [6.45, 7) is -2.59. The minimum atomic E-state index is -1.27. The van der Waals surface area contributed by atoms with Gasteiger partial charge in [-0.05, 0) is 36.3 Å². The summed E-state index contributed by atoms with van der Waals surface area (Å²) < 4.78 is 0. The Labute approximate surface area is 176 Å². The van der Waals surface area contributed by atoms with Gasteiger partial charge in [0.05, 0.1) is 37.0 Å². The van der Waals surface area contributed by atoms with E-state index in [1.807, 2.05) is 0 Å². The van der Waals surface area contributed by atoms with Crippen molar-refractivity contribution in [1.82, 2.24) is 9.80 Å². The van der Waals surface area contributed by atoms with Gasteiger partial charge in [0, 0.05) is 12.6 Å². The van der Waals surface area contributed by atoms with Gasteiger partial charge in [-0.3, -0.25) is 29.0 Å². The van der Waals surface area contributed by atoms with E-state index in [-0.39, 0.29) is 13.0 Å². The molecular formula is C18H21N3O8S. The molecule has 0 aliphatic heterocycles. The molecule has 162 valence electrons. The highest BCUT2D eigenvalue weighted by Gasteiger charge is 2.27. The maximum atomic E-state index is 11.2. The summed E-state index contributed by atoms with van der Waals surface area (Å²) in [5.41, 5.74) is 1.23. The molecule has 0 aliphatic rings. The van der Waals surface area contributed by atoms with E-state index in [1.165, 1.54) is 0 Å². The second kappa shape index (κ2) is 12.4. The van der Waals surface area contributed by atoms with Crippen LogP contribution in [0.3, 0.4) is 0 Å². The first-order valence-electron chi connectivity index (χ1n) is 8.61. The largest absolute Gasteiger partial charge is 0.480 e. The van der Waals surface area contributed by atoms with E-state index in [1.54, 1.807) is 24.3 Å². The monoisotopic (exact) mass is 439 g/mol. The van der Waals surface area contributed by atoms with Gasteiger partial charge in [0.25, 0.3) is 0 Å². The third-order valence-corrected chi connectivity index (χ3v) is 4.05. The van der Waals surface area contributed by atoms with Crippen LogP contribution in [-0.2, 0) is 25.6 Å². The molecule has 12 heteroatoms. The van der Waals surface area contributed by atoms with Crippen molar-refractivity contribution in [2.24, 2.45) is 4.99 Å². The van der Waals surface area contributed by atoms with Crippen molar-refractivity contribution in [2.75, 3.05) is 32.7 Å². The fourth-order valence-electron chi connectivity index (χ4n) is 2.87. The number of isothiocyanates is 1. The molecule has 1 rings (SSSR count). The van der Waals surface area contributed by atoms with Gasteiger partial charge in [0.2, 0.25) is 0 Å². The molecule has 1 atom stereocenters. The third-order valence-electron chi connectivity index (χ3n) is 3.96. The van der Waals surface area contributed by atoms with Crippen LogP contribution in [0.1, 0.15) is 5.56 Å². The summed E-state index contributed by atoms with van der Waals surface area (Å²) in [5, 5.41) is 38.7. The average Bonchev–Trinajstić information content (AvgIpc) is 2.60. The van der Waals surface area contributed by atoms with Gasteiger partial charge >= 0.3 is 23.9 Å². The summed E-state index contributed by atoms with van der Waals surface area (Å²) in [7, 11) is 0. The Morgan fingerprint density at radius 3 is 1.73 bits per heavy atom. The molecule has 0 spiro atoms. The second-order valence-electron chi connectivity index (χ2n) is 6.38. The van der Waals surface area contributed by atoms with Crippen LogP contribution in [0.2, 0.25) is 0 Å². The molecule has 0 bridgehead atoms. The van der Waals surface area contributed by atoms with Gasteiger partial charge in [0.15, 0.2) is 0 Å². The number of aliphatic carboxylic acids is 4. The van der Waals surface area contributed by atoms with Crippen LogP contribution in [0.25, 0.3) is 0 Å². The first-order valence-corrected chi connectivity index (χ1v) is 9.02. The SMILES string of the molecule is O=C(O)CN(CC(=O)O)C[C@@H](Cc1ccc(N=C=S)cc1)N(CC(=O)O)CC(=O)O. The lowest BCUT2D eigenvalue weighted by molar-refractivity contribution is -0.146. The summed E-state index contributed by atoms with van der Waals surface area (Å²) in [4.78, 5) is 50.7. The quantitative estimate of drug-likeness (QED) is 0.232. The Balaban J connectivity index is 3.20. The highest BCUT2D eigenvalue weighted by molar-refractivity contribution is 7.78. The van der Waals surface area contributed by atoms with Crippen LogP contribution in [-0.4, -0.2) is 98.0 Å². The Morgan fingerprint density at radius 1 is 0.867 bits per heavy atom. The molecule has 0 unspecified atom stereocenters. The Bertz CT molecular complexity index is 791. The molecule has 4 N–H and O–H groups in total. The second-order valence-corrected chi connectivity index (χ2v) is 6.56. The van der Waals surface area contributed by atoms with Crippen LogP contribution >= 0.6 is 12.2 Å². The number of carboxylic acid groups (broad SMARTS) is 4. The summed E-state index contributed by atoms with van der Waals surface area (Å²) in [6, 6.07) is 5.84. The minimum absolute atomic E-state index is 0.151. The summed E-state index contributed by atoms with van der Waals surface area (Å²) in [6.07, 6.45) is 0.151. The molecule has 1 aromatic rings. The van der Waals surface area contributed by atoms with Gasteiger partial charge in [0.1, 0.15) is 0 Å². The molecule has 11 nitrogen and oxygen atoms in total. The third kappa shape index (κ3) is 9.85. The lowest BCUT2D eigenvalue weighted by Gasteiger charge is -2.33. The van der Waals surface area contributed by atoms with Gasteiger partial charge in [-0.25, -0.2) is 0 Å². The van der Waals surface area contributed by atoms with E-state index < -0.39 is 56.1 Å². The van der Waals surface area contributed by atoms with E-state index in [9.17, 15) is 19.2 Å². The minimum Gasteiger partial charge on any atom is -0.480 e. The van der Waals surface area contributed by atoms with Crippen molar-refractivity contribution in [1.29, 1.82) is 0 Å². The normalized spacial score (nSPS) is 11.7. The van der Waals surface area contributed by atoms with E-state index in [2.05, 4.69) is 22.4 Å². The molecule has 0 saturated carbocycles. The van der Waals surface area contributed by atoms with Gasteiger partial charge in [-0.15, -0.1) is 0 Å². The first-order chi connectivity index (χ1) is 14.1. The molecule has 0 fully saturated rings. The van der Waals surface area contributed by atoms with Crippen LogP contribution < -0.4 is 0 Å². The fraction of sp³-hybridized carbons (Fsp3) is 0.389. The smallest absolute Gasteiger partial charge is 0.317 e. The maximum Gasteiger partial charge on any atom is 0.317 e. The molecule has 0 radical (unpaired) electrons. The standard InChI is InChI=1S/C18H21N3O8S/c22-15(23)7-20(8-16(24)25)6-14(21(9-17(26)27)10-18(28)29)5-12-1-3-13(4-2-12)19-11-30/h1-4,14H,5-10H2,(H,22,23)(H,24,25)(H,26,27)(H,28,29)/t14-/m1/s1. The van der Waals surface area contributed by atoms with Crippen molar-refractivity contribution in [2.45, 2.75) is 12.5 Å². The number of nitrogens with zero attached hydrogens (tertiary/aromatic N) is 3.